The highest BCUT2D eigenvalue weighted by atomic mass is 35.5. The van der Waals surface area contributed by atoms with Crippen LogP contribution >= 0.6 is 11.6 Å². The Hall–Kier alpha value is -2.57. The van der Waals surface area contributed by atoms with Gasteiger partial charge < -0.3 is 5.32 Å². The second-order valence-electron chi connectivity index (χ2n) is 5.63. The van der Waals surface area contributed by atoms with Crippen LogP contribution in [0.3, 0.4) is 0 Å². The van der Waals surface area contributed by atoms with Gasteiger partial charge in [-0.2, -0.15) is 10.5 Å². The zero-order valence-corrected chi connectivity index (χ0v) is 14.0. The SMILES string of the molecule is CC[C@]1(c2ccc(Cl)cc2)NC(=O)N(C[C@H](C#N)CCC#N)C1=O. The topological polar surface area (TPSA) is 97.0 Å². The van der Waals surface area contributed by atoms with Crippen LogP contribution in [0.1, 0.15) is 31.7 Å². The molecule has 2 rings (SSSR count). The van der Waals surface area contributed by atoms with Crippen molar-refractivity contribution in [1.29, 1.82) is 10.5 Å². The fraction of sp³-hybridized carbons (Fsp3) is 0.412. The van der Waals surface area contributed by atoms with Crippen LogP contribution in [0, 0.1) is 28.6 Å². The van der Waals surface area contributed by atoms with E-state index in [-0.39, 0.29) is 18.9 Å². The third-order valence-corrected chi connectivity index (χ3v) is 4.49. The van der Waals surface area contributed by atoms with Crippen LogP contribution in [-0.4, -0.2) is 23.4 Å². The van der Waals surface area contributed by atoms with Crippen molar-refractivity contribution >= 4 is 23.5 Å². The highest BCUT2D eigenvalue weighted by molar-refractivity contribution is 6.30. The van der Waals surface area contributed by atoms with Gasteiger partial charge in [0.05, 0.1) is 18.1 Å². The third-order valence-electron chi connectivity index (χ3n) is 4.23. The summed E-state index contributed by atoms with van der Waals surface area (Å²) in [4.78, 5) is 26.3. The van der Waals surface area contributed by atoms with Crippen molar-refractivity contribution in [3.05, 3.63) is 34.9 Å². The number of amides is 3. The van der Waals surface area contributed by atoms with Crippen LogP contribution in [0.25, 0.3) is 0 Å². The minimum atomic E-state index is -1.14. The van der Waals surface area contributed by atoms with E-state index in [1.165, 1.54) is 0 Å². The highest BCUT2D eigenvalue weighted by Crippen LogP contribution is 2.33. The largest absolute Gasteiger partial charge is 0.325 e. The van der Waals surface area contributed by atoms with E-state index in [1.807, 2.05) is 13.0 Å². The molecular weight excluding hydrogens is 328 g/mol. The number of nitrogens with one attached hydrogen (secondary N) is 1. The van der Waals surface area contributed by atoms with E-state index in [1.54, 1.807) is 24.3 Å². The lowest BCUT2D eigenvalue weighted by Crippen LogP contribution is -2.43. The summed E-state index contributed by atoms with van der Waals surface area (Å²) in [6.07, 6.45) is 0.910. The molecule has 1 aliphatic heterocycles. The Labute approximate surface area is 145 Å². The van der Waals surface area contributed by atoms with Gasteiger partial charge in [-0.25, -0.2) is 4.79 Å². The molecule has 3 amide bonds. The van der Waals surface area contributed by atoms with Gasteiger partial charge in [0, 0.05) is 18.0 Å². The zero-order valence-electron chi connectivity index (χ0n) is 13.3. The number of hydrogen-bond donors (Lipinski definition) is 1. The van der Waals surface area contributed by atoms with Gasteiger partial charge in [-0.3, -0.25) is 9.69 Å². The van der Waals surface area contributed by atoms with Gasteiger partial charge in [-0.1, -0.05) is 30.7 Å². The molecular formula is C17H17ClN4O2. The minimum absolute atomic E-state index is 0.0157. The average molecular weight is 345 g/mol. The number of nitriles is 2. The molecule has 0 bridgehead atoms. The lowest BCUT2D eigenvalue weighted by molar-refractivity contribution is -0.132. The molecule has 1 fully saturated rings. The summed E-state index contributed by atoms with van der Waals surface area (Å²) in [5.41, 5.74) is -0.488. The molecule has 1 aliphatic rings. The molecule has 1 aromatic carbocycles. The summed E-state index contributed by atoms with van der Waals surface area (Å²) in [7, 11) is 0. The molecule has 0 aliphatic carbocycles. The number of rotatable bonds is 6. The number of urea groups is 1. The fourth-order valence-electron chi connectivity index (χ4n) is 2.82. The van der Waals surface area contributed by atoms with E-state index in [0.29, 0.717) is 23.4 Å². The normalized spacial score (nSPS) is 21.1. The molecule has 1 heterocycles. The predicted octanol–water partition coefficient (Wildman–Crippen LogP) is 2.94. The van der Waals surface area contributed by atoms with Gasteiger partial charge in [-0.15, -0.1) is 0 Å². The van der Waals surface area contributed by atoms with E-state index >= 15 is 0 Å². The van der Waals surface area contributed by atoms with Crippen LogP contribution in [0.2, 0.25) is 5.02 Å². The lowest BCUT2D eigenvalue weighted by atomic mass is 9.87. The van der Waals surface area contributed by atoms with E-state index < -0.39 is 17.5 Å². The second kappa shape index (κ2) is 7.33. The van der Waals surface area contributed by atoms with Crippen molar-refractivity contribution in [3.8, 4) is 12.1 Å². The number of benzene rings is 1. The first-order valence-electron chi connectivity index (χ1n) is 7.65. The number of hydrogen-bond acceptors (Lipinski definition) is 4. The maximum absolute atomic E-state index is 12.9. The van der Waals surface area contributed by atoms with Gasteiger partial charge in [-0.05, 0) is 30.5 Å². The van der Waals surface area contributed by atoms with Crippen LogP contribution in [0.15, 0.2) is 24.3 Å². The van der Waals surface area contributed by atoms with Gasteiger partial charge in [0.15, 0.2) is 0 Å². The Balaban J connectivity index is 2.27. The van der Waals surface area contributed by atoms with Crippen molar-refractivity contribution in [1.82, 2.24) is 10.2 Å². The maximum atomic E-state index is 12.9. The van der Waals surface area contributed by atoms with Gasteiger partial charge in [0.1, 0.15) is 5.54 Å². The first-order valence-corrected chi connectivity index (χ1v) is 8.03. The van der Waals surface area contributed by atoms with Gasteiger partial charge >= 0.3 is 6.03 Å². The minimum Gasteiger partial charge on any atom is -0.319 e. The molecule has 7 heteroatoms. The standard InChI is InChI=1S/C17H17ClN4O2/c1-2-17(13-5-7-14(18)8-6-13)15(23)22(16(24)21-17)11-12(10-20)4-3-9-19/h5-8,12H,2-4,11H2,1H3,(H,21,24)/t12-,17+/m0/s1. The van der Waals surface area contributed by atoms with Crippen LogP contribution in [0.4, 0.5) is 4.79 Å². The quantitative estimate of drug-likeness (QED) is 0.802. The molecule has 6 nitrogen and oxygen atoms in total. The van der Waals surface area contributed by atoms with Crippen molar-refractivity contribution < 1.29 is 9.59 Å². The van der Waals surface area contributed by atoms with Gasteiger partial charge in [0.25, 0.3) is 5.91 Å². The molecule has 0 aromatic heterocycles. The van der Waals surface area contributed by atoms with E-state index in [0.717, 1.165) is 4.90 Å². The molecule has 2 atom stereocenters. The summed E-state index contributed by atoms with van der Waals surface area (Å²) in [6.45, 7) is 1.80. The molecule has 0 spiro atoms. The molecule has 1 aromatic rings. The van der Waals surface area contributed by atoms with Crippen LogP contribution in [0.5, 0.6) is 0 Å². The fourth-order valence-corrected chi connectivity index (χ4v) is 2.95. The summed E-state index contributed by atoms with van der Waals surface area (Å²) in [6, 6.07) is 10.3. The Morgan fingerprint density at radius 2 is 1.96 bits per heavy atom. The molecule has 24 heavy (non-hydrogen) atoms. The second-order valence-corrected chi connectivity index (χ2v) is 6.07. The Morgan fingerprint density at radius 1 is 1.29 bits per heavy atom. The van der Waals surface area contributed by atoms with E-state index in [9.17, 15) is 14.9 Å². The third kappa shape index (κ3) is 3.20. The first-order chi connectivity index (χ1) is 11.5. The molecule has 1 N–H and O–H groups in total. The molecule has 0 radical (unpaired) electrons. The van der Waals surface area contributed by atoms with E-state index in [2.05, 4.69) is 11.4 Å². The molecule has 0 unspecified atom stereocenters. The van der Waals surface area contributed by atoms with Crippen molar-refractivity contribution in [3.63, 3.8) is 0 Å². The highest BCUT2D eigenvalue weighted by Gasteiger charge is 2.51. The van der Waals surface area contributed by atoms with Crippen molar-refractivity contribution in [2.45, 2.75) is 31.7 Å². The maximum Gasteiger partial charge on any atom is 0.325 e. The number of imide groups is 1. The number of carbonyl (C=O) groups excluding carboxylic acids is 2. The van der Waals surface area contributed by atoms with Crippen LogP contribution in [-0.2, 0) is 10.3 Å². The van der Waals surface area contributed by atoms with Crippen LogP contribution < -0.4 is 5.32 Å². The number of nitrogens with zero attached hydrogens (tertiary/aromatic N) is 3. The average Bonchev–Trinajstić information content (AvgIpc) is 2.83. The smallest absolute Gasteiger partial charge is 0.319 e. The number of carbonyl (C=O) groups is 2. The molecule has 1 saturated heterocycles. The van der Waals surface area contributed by atoms with Crippen molar-refractivity contribution in [2.24, 2.45) is 5.92 Å². The molecule has 0 saturated carbocycles. The Bertz CT molecular complexity index is 720. The summed E-state index contributed by atoms with van der Waals surface area (Å²) >= 11 is 5.89. The summed E-state index contributed by atoms with van der Waals surface area (Å²) < 4.78 is 0. The van der Waals surface area contributed by atoms with Crippen molar-refractivity contribution in [2.75, 3.05) is 6.54 Å². The summed E-state index contributed by atoms with van der Waals surface area (Å²) in [5, 5.41) is 21.1. The number of halogens is 1. The summed E-state index contributed by atoms with van der Waals surface area (Å²) in [5.74, 6) is -0.938. The zero-order chi connectivity index (χ0) is 17.7. The molecule has 124 valence electrons. The lowest BCUT2D eigenvalue weighted by Gasteiger charge is -2.26. The Morgan fingerprint density at radius 3 is 2.50 bits per heavy atom. The van der Waals surface area contributed by atoms with Gasteiger partial charge in [0.2, 0.25) is 0 Å². The Kier molecular flexibility index (Phi) is 5.43. The monoisotopic (exact) mass is 344 g/mol. The van der Waals surface area contributed by atoms with E-state index in [4.69, 9.17) is 16.9 Å². The first kappa shape index (κ1) is 17.8. The predicted molar refractivity (Wildman–Crippen MR) is 87.6 cm³/mol.